The quantitative estimate of drug-likeness (QED) is 0.413. The lowest BCUT2D eigenvalue weighted by molar-refractivity contribution is -0.141. The Morgan fingerprint density at radius 3 is 2.49 bits per heavy atom. The number of halogens is 3. The molecule has 5 rings (SSSR count). The first-order valence-electron chi connectivity index (χ1n) is 11.3. The van der Waals surface area contributed by atoms with Gasteiger partial charge < -0.3 is 4.90 Å². The zero-order valence-corrected chi connectivity index (χ0v) is 20.1. The lowest BCUT2D eigenvalue weighted by Crippen LogP contribution is -2.38. The molecule has 0 N–H and O–H groups in total. The summed E-state index contributed by atoms with van der Waals surface area (Å²) in [4.78, 5) is 19.8. The van der Waals surface area contributed by atoms with Crippen molar-refractivity contribution in [2.24, 2.45) is 14.1 Å². The maximum atomic E-state index is 13.5. The monoisotopic (exact) mass is 482 g/mol. The van der Waals surface area contributed by atoms with Crippen molar-refractivity contribution in [2.45, 2.75) is 39.4 Å². The van der Waals surface area contributed by atoms with Gasteiger partial charge in [0.2, 0.25) is 0 Å². The molecule has 10 heteroatoms. The van der Waals surface area contributed by atoms with Gasteiger partial charge in [0, 0.05) is 42.8 Å². The Bertz CT molecular complexity index is 1480. The molecule has 4 heterocycles. The summed E-state index contributed by atoms with van der Waals surface area (Å²) in [5.74, 6) is -0.114. The third-order valence-electron chi connectivity index (χ3n) is 6.71. The number of carbonyl (C=O) groups excluding carboxylic acids is 1. The minimum absolute atomic E-state index is 0.114. The van der Waals surface area contributed by atoms with E-state index in [1.165, 1.54) is 11.7 Å². The number of benzene rings is 1. The van der Waals surface area contributed by atoms with Gasteiger partial charge in [0.1, 0.15) is 0 Å². The second-order valence-electron chi connectivity index (χ2n) is 9.11. The molecule has 7 nitrogen and oxygen atoms in total. The van der Waals surface area contributed by atoms with Gasteiger partial charge in [-0.2, -0.15) is 23.4 Å². The molecule has 0 saturated heterocycles. The lowest BCUT2D eigenvalue weighted by atomic mass is 9.96. The molecule has 4 aromatic rings. The molecule has 0 saturated carbocycles. The number of fused-ring (bicyclic) bond motifs is 2. The van der Waals surface area contributed by atoms with E-state index in [2.05, 4.69) is 15.2 Å². The predicted molar refractivity (Wildman–Crippen MR) is 125 cm³/mol. The van der Waals surface area contributed by atoms with Crippen LogP contribution in [0.15, 0.2) is 30.3 Å². The van der Waals surface area contributed by atoms with Crippen LogP contribution in [0.2, 0.25) is 0 Å². The largest absolute Gasteiger partial charge is 0.435 e. The highest BCUT2D eigenvalue weighted by Gasteiger charge is 2.37. The number of carbonyl (C=O) groups is 1. The minimum Gasteiger partial charge on any atom is -0.330 e. The maximum absolute atomic E-state index is 13.5. The molecule has 1 aliphatic heterocycles. The van der Waals surface area contributed by atoms with Gasteiger partial charge in [0.05, 0.1) is 28.6 Å². The summed E-state index contributed by atoms with van der Waals surface area (Å²) in [7, 11) is 3.19. The molecule has 1 unspecified atom stereocenters. The van der Waals surface area contributed by atoms with E-state index >= 15 is 0 Å². The van der Waals surface area contributed by atoms with Gasteiger partial charge in [-0.15, -0.1) is 0 Å². The predicted octanol–water partition coefficient (Wildman–Crippen LogP) is 4.76. The highest BCUT2D eigenvalue weighted by atomic mass is 19.4. The average Bonchev–Trinajstić information content (AvgIpc) is 3.32. The van der Waals surface area contributed by atoms with E-state index in [4.69, 9.17) is 0 Å². The van der Waals surface area contributed by atoms with E-state index in [0.29, 0.717) is 35.6 Å². The normalized spacial score (nSPS) is 16.1. The number of hydrogen-bond acceptors (Lipinski definition) is 4. The Morgan fingerprint density at radius 1 is 1.06 bits per heavy atom. The molecule has 0 radical (unpaired) electrons. The molecule has 1 aromatic carbocycles. The van der Waals surface area contributed by atoms with Crippen LogP contribution in [0.5, 0.6) is 0 Å². The van der Waals surface area contributed by atoms with Crippen LogP contribution in [0.25, 0.3) is 22.3 Å². The maximum Gasteiger partial charge on any atom is 0.435 e. The van der Waals surface area contributed by atoms with Crippen molar-refractivity contribution < 1.29 is 18.0 Å². The van der Waals surface area contributed by atoms with Crippen molar-refractivity contribution in [1.82, 2.24) is 29.4 Å². The second kappa shape index (κ2) is 7.93. The van der Waals surface area contributed by atoms with Crippen LogP contribution in [-0.4, -0.2) is 41.9 Å². The zero-order chi connectivity index (χ0) is 25.2. The number of alkyl halides is 3. The fourth-order valence-corrected chi connectivity index (χ4v) is 5.03. The molecular weight excluding hydrogens is 457 g/mol. The molecule has 1 atom stereocenters. The Labute approximate surface area is 200 Å². The fourth-order valence-electron chi connectivity index (χ4n) is 5.03. The smallest absolute Gasteiger partial charge is 0.330 e. The summed E-state index contributed by atoms with van der Waals surface area (Å²) in [5, 5.41) is 9.19. The van der Waals surface area contributed by atoms with Crippen molar-refractivity contribution in [1.29, 1.82) is 0 Å². The van der Waals surface area contributed by atoms with E-state index in [-0.39, 0.29) is 11.9 Å². The minimum atomic E-state index is -4.53. The van der Waals surface area contributed by atoms with Crippen molar-refractivity contribution in [3.05, 3.63) is 64.1 Å². The Kier molecular flexibility index (Phi) is 5.23. The summed E-state index contributed by atoms with van der Waals surface area (Å²) < 4.78 is 42.5. The summed E-state index contributed by atoms with van der Waals surface area (Å²) in [6, 6.07) is 8.23. The van der Waals surface area contributed by atoms with Crippen LogP contribution in [0.3, 0.4) is 0 Å². The van der Waals surface area contributed by atoms with E-state index in [1.54, 1.807) is 22.7 Å². The van der Waals surface area contributed by atoms with Crippen molar-refractivity contribution in [2.75, 3.05) is 6.54 Å². The molecule has 35 heavy (non-hydrogen) atoms. The third-order valence-corrected chi connectivity index (χ3v) is 6.71. The Balaban J connectivity index is 1.50. The lowest BCUT2D eigenvalue weighted by Gasteiger charge is -2.33. The van der Waals surface area contributed by atoms with Gasteiger partial charge in [0.15, 0.2) is 5.69 Å². The zero-order valence-electron chi connectivity index (χ0n) is 20.1. The first kappa shape index (κ1) is 23.1. The molecular formula is C25H25F3N6O. The molecule has 0 spiro atoms. The standard InChI is InChI=1S/C25H25F3N6O/c1-13-10-14(2)29-19-7-6-16(11-18(13)19)24(35)34-9-8-17-22(15(34)3)31-33(5)23(17)20-12-21(25(26,27)28)30-32(20)4/h6-7,10-12,15H,8-9H2,1-5H3. The van der Waals surface area contributed by atoms with Gasteiger partial charge in [-0.05, 0) is 63.1 Å². The van der Waals surface area contributed by atoms with Crippen LogP contribution in [0.1, 0.15) is 51.5 Å². The van der Waals surface area contributed by atoms with Crippen LogP contribution >= 0.6 is 0 Å². The molecule has 0 fully saturated rings. The van der Waals surface area contributed by atoms with E-state index in [0.717, 1.165) is 33.8 Å². The first-order chi connectivity index (χ1) is 16.5. The first-order valence-corrected chi connectivity index (χ1v) is 11.3. The van der Waals surface area contributed by atoms with Crippen LogP contribution < -0.4 is 0 Å². The molecule has 0 bridgehead atoms. The van der Waals surface area contributed by atoms with Crippen molar-refractivity contribution >= 4 is 16.8 Å². The van der Waals surface area contributed by atoms with Crippen LogP contribution in [-0.2, 0) is 26.7 Å². The summed E-state index contributed by atoms with van der Waals surface area (Å²) in [6.45, 7) is 6.27. The number of aromatic nitrogens is 5. The van der Waals surface area contributed by atoms with Crippen LogP contribution in [0, 0.1) is 13.8 Å². The molecule has 1 aliphatic rings. The number of aryl methyl sites for hydroxylation is 4. The molecule has 3 aromatic heterocycles. The topological polar surface area (TPSA) is 68.8 Å². The summed E-state index contributed by atoms with van der Waals surface area (Å²) in [5.41, 5.74) is 4.91. The van der Waals surface area contributed by atoms with Crippen LogP contribution in [0.4, 0.5) is 13.2 Å². The van der Waals surface area contributed by atoms with E-state index in [9.17, 15) is 18.0 Å². The SMILES string of the molecule is Cc1cc(C)c2cc(C(=O)N3CCc4c(nn(C)c4-c4cc(C(F)(F)F)nn4C)C3C)ccc2n1. The number of pyridine rings is 1. The summed E-state index contributed by atoms with van der Waals surface area (Å²) in [6.07, 6.45) is -4.05. The number of amides is 1. The highest BCUT2D eigenvalue weighted by Crippen LogP contribution is 2.38. The molecule has 0 aliphatic carbocycles. The fraction of sp³-hybridized carbons (Fsp3) is 0.360. The number of rotatable bonds is 2. The molecule has 182 valence electrons. The highest BCUT2D eigenvalue weighted by molar-refractivity contribution is 5.99. The second-order valence-corrected chi connectivity index (χ2v) is 9.11. The van der Waals surface area contributed by atoms with E-state index in [1.807, 2.05) is 39.0 Å². The molecule has 1 amide bonds. The van der Waals surface area contributed by atoms with Crippen molar-refractivity contribution in [3.63, 3.8) is 0 Å². The van der Waals surface area contributed by atoms with E-state index < -0.39 is 11.9 Å². The van der Waals surface area contributed by atoms with Gasteiger partial charge in [-0.1, -0.05) is 0 Å². The van der Waals surface area contributed by atoms with Crippen molar-refractivity contribution in [3.8, 4) is 11.4 Å². The van der Waals surface area contributed by atoms with Gasteiger partial charge >= 0.3 is 6.18 Å². The Morgan fingerprint density at radius 2 is 1.80 bits per heavy atom. The summed E-state index contributed by atoms with van der Waals surface area (Å²) >= 11 is 0. The van der Waals surface area contributed by atoms with Gasteiger partial charge in [0.25, 0.3) is 5.91 Å². The van der Waals surface area contributed by atoms with Gasteiger partial charge in [-0.3, -0.25) is 19.1 Å². The third kappa shape index (κ3) is 3.77. The number of nitrogens with zero attached hydrogens (tertiary/aromatic N) is 6. The Hall–Kier alpha value is -3.69. The average molecular weight is 483 g/mol. The van der Waals surface area contributed by atoms with Gasteiger partial charge in [-0.25, -0.2) is 0 Å². The number of hydrogen-bond donors (Lipinski definition) is 0.